The zero-order chi connectivity index (χ0) is 34.4. The number of anilines is 3. The molecule has 1 aliphatic rings. The van der Waals surface area contributed by atoms with E-state index < -0.39 is 6.09 Å². The number of halogens is 1. The van der Waals surface area contributed by atoms with E-state index in [4.69, 9.17) is 30.8 Å². The van der Waals surface area contributed by atoms with Gasteiger partial charge in [0, 0.05) is 68.2 Å². The molecule has 0 unspecified atom stereocenters. The maximum Gasteiger partial charge on any atom is 0.420 e. The Hall–Kier alpha value is -4.38. The van der Waals surface area contributed by atoms with Gasteiger partial charge in [0.1, 0.15) is 0 Å². The van der Waals surface area contributed by atoms with Gasteiger partial charge in [0.25, 0.3) is 0 Å². The van der Waals surface area contributed by atoms with E-state index in [0.717, 1.165) is 55.8 Å². The summed E-state index contributed by atoms with van der Waals surface area (Å²) in [5, 5.41) is 3.80. The average molecular weight is 673 g/mol. The van der Waals surface area contributed by atoms with Crippen molar-refractivity contribution < 1.29 is 19.0 Å². The third kappa shape index (κ3) is 8.55. The van der Waals surface area contributed by atoms with Crippen molar-refractivity contribution >= 4 is 35.0 Å². The molecule has 1 saturated heterocycles. The third-order valence-electron chi connectivity index (χ3n) is 8.93. The number of aromatic nitrogens is 2. The first-order valence-electron chi connectivity index (χ1n) is 16.2. The lowest BCUT2D eigenvalue weighted by atomic mass is 9.97. The first kappa shape index (κ1) is 34.9. The van der Waals surface area contributed by atoms with E-state index in [2.05, 4.69) is 54.0 Å². The number of carbonyl (C=O) groups is 1. The Morgan fingerprint density at radius 2 is 1.67 bits per heavy atom. The second-order valence-corrected chi connectivity index (χ2v) is 12.7. The molecule has 1 N–H and O–H groups in total. The zero-order valence-corrected chi connectivity index (χ0v) is 29.6. The Morgan fingerprint density at radius 3 is 2.42 bits per heavy atom. The van der Waals surface area contributed by atoms with Crippen LogP contribution in [0.15, 0.2) is 54.6 Å². The fourth-order valence-electron chi connectivity index (χ4n) is 5.64. The summed E-state index contributed by atoms with van der Waals surface area (Å²) in [7, 11) is 5.42. The highest BCUT2D eigenvalue weighted by Crippen LogP contribution is 2.33. The quantitative estimate of drug-likeness (QED) is 0.163. The van der Waals surface area contributed by atoms with E-state index in [-0.39, 0.29) is 11.8 Å². The number of amides is 1. The maximum atomic E-state index is 13.3. The molecule has 0 atom stereocenters. The fraction of sp³-hybridized carbons (Fsp3) is 0.378. The van der Waals surface area contributed by atoms with Crippen LogP contribution in [0, 0.1) is 27.7 Å². The number of hydrogen-bond donors (Lipinski definition) is 1. The van der Waals surface area contributed by atoms with Crippen LogP contribution in [0.4, 0.5) is 22.1 Å². The minimum absolute atomic E-state index is 0.101. The minimum Gasteiger partial charge on any atom is -0.493 e. The molecule has 11 heteroatoms. The van der Waals surface area contributed by atoms with E-state index in [0.29, 0.717) is 40.2 Å². The highest BCUT2D eigenvalue weighted by molar-refractivity contribution is 6.31. The summed E-state index contributed by atoms with van der Waals surface area (Å²) in [5.41, 5.74) is 7.17. The third-order valence-corrected chi connectivity index (χ3v) is 9.16. The van der Waals surface area contributed by atoms with Crippen LogP contribution in [-0.4, -0.2) is 86.4 Å². The van der Waals surface area contributed by atoms with Crippen molar-refractivity contribution in [1.29, 1.82) is 0 Å². The highest BCUT2D eigenvalue weighted by atomic mass is 35.5. The van der Waals surface area contributed by atoms with Crippen LogP contribution in [0.3, 0.4) is 0 Å². The van der Waals surface area contributed by atoms with Gasteiger partial charge in [-0.25, -0.2) is 9.78 Å². The van der Waals surface area contributed by atoms with Crippen LogP contribution in [0.2, 0.25) is 5.02 Å². The molecule has 48 heavy (non-hydrogen) atoms. The van der Waals surface area contributed by atoms with E-state index in [1.165, 1.54) is 16.0 Å². The molecule has 2 heterocycles. The normalized spacial score (nSPS) is 13.7. The topological polar surface area (TPSA) is 92.3 Å². The summed E-state index contributed by atoms with van der Waals surface area (Å²) in [4.78, 5) is 29.0. The van der Waals surface area contributed by atoms with Gasteiger partial charge in [0.05, 0.1) is 25.1 Å². The van der Waals surface area contributed by atoms with Crippen LogP contribution >= 0.6 is 11.6 Å². The first-order valence-corrected chi connectivity index (χ1v) is 16.6. The minimum atomic E-state index is -0.608. The summed E-state index contributed by atoms with van der Waals surface area (Å²) in [6, 6.07) is 16.7. The zero-order valence-electron chi connectivity index (χ0n) is 28.9. The number of nitrogens with one attached hydrogen (secondary N) is 1. The molecule has 0 bridgehead atoms. The van der Waals surface area contributed by atoms with Crippen LogP contribution < -0.4 is 24.4 Å². The van der Waals surface area contributed by atoms with Crippen molar-refractivity contribution in [3.8, 4) is 28.6 Å². The van der Waals surface area contributed by atoms with Gasteiger partial charge in [-0.15, -0.1) is 0 Å². The Balaban J connectivity index is 1.36. The van der Waals surface area contributed by atoms with Gasteiger partial charge < -0.3 is 29.3 Å². The monoisotopic (exact) mass is 672 g/mol. The molecule has 1 amide bonds. The second-order valence-electron chi connectivity index (χ2n) is 12.3. The van der Waals surface area contributed by atoms with Gasteiger partial charge in [-0.3, -0.25) is 4.90 Å². The molecule has 4 aromatic rings. The van der Waals surface area contributed by atoms with Crippen molar-refractivity contribution in [1.82, 2.24) is 19.8 Å². The van der Waals surface area contributed by atoms with Gasteiger partial charge in [-0.05, 0) is 87.7 Å². The molecule has 0 saturated carbocycles. The predicted molar refractivity (Wildman–Crippen MR) is 193 cm³/mol. The number of likely N-dealkylation sites (N-methyl/N-ethyl adjacent to an activating group) is 1. The van der Waals surface area contributed by atoms with Crippen molar-refractivity contribution in [2.45, 2.75) is 34.1 Å². The van der Waals surface area contributed by atoms with E-state index in [1.54, 1.807) is 32.4 Å². The molecular formula is C37H45ClN6O4. The van der Waals surface area contributed by atoms with Crippen LogP contribution in [0.1, 0.15) is 28.7 Å². The van der Waals surface area contributed by atoms with Crippen LogP contribution in [0.25, 0.3) is 11.3 Å². The molecule has 5 rings (SSSR count). The van der Waals surface area contributed by atoms with Crippen molar-refractivity contribution in [2.24, 2.45) is 0 Å². The lowest BCUT2D eigenvalue weighted by Gasteiger charge is -2.32. The highest BCUT2D eigenvalue weighted by Gasteiger charge is 2.20. The Morgan fingerprint density at radius 1 is 0.917 bits per heavy atom. The van der Waals surface area contributed by atoms with Crippen molar-refractivity contribution in [2.75, 3.05) is 70.8 Å². The van der Waals surface area contributed by atoms with Gasteiger partial charge in [-0.1, -0.05) is 29.8 Å². The molecule has 0 radical (unpaired) electrons. The lowest BCUT2D eigenvalue weighted by molar-refractivity contribution is 0.145. The molecule has 10 nitrogen and oxygen atoms in total. The number of rotatable bonds is 11. The van der Waals surface area contributed by atoms with E-state index in [1.807, 2.05) is 37.3 Å². The number of hydrogen-bond acceptors (Lipinski definition) is 9. The smallest absolute Gasteiger partial charge is 0.420 e. The number of methoxy groups -OCH3 is 1. The maximum absolute atomic E-state index is 13.3. The molecular weight excluding hydrogens is 628 g/mol. The van der Waals surface area contributed by atoms with Crippen molar-refractivity contribution in [3.63, 3.8) is 0 Å². The Bertz CT molecular complexity index is 1760. The second kappa shape index (κ2) is 15.7. The number of benzene rings is 3. The van der Waals surface area contributed by atoms with Gasteiger partial charge in [-0.2, -0.15) is 4.98 Å². The van der Waals surface area contributed by atoms with Crippen LogP contribution in [-0.2, 0) is 0 Å². The molecule has 3 aromatic carbocycles. The van der Waals surface area contributed by atoms with Crippen molar-refractivity contribution in [3.05, 3.63) is 81.9 Å². The SMILES string of the molecule is COc1cc(Nc2nc(OC(=O)N(C)c3cc(Cl)ccc3C)cc(-c3ccc(C)c(C)c3C)n2)ccc1OCCCN1CCN(C)CC1. The molecule has 254 valence electrons. The van der Waals surface area contributed by atoms with Gasteiger partial charge in [0.2, 0.25) is 11.8 Å². The summed E-state index contributed by atoms with van der Waals surface area (Å²) in [6.07, 6.45) is 0.322. The molecule has 0 aliphatic carbocycles. The molecule has 0 spiro atoms. The molecule has 1 aromatic heterocycles. The van der Waals surface area contributed by atoms with Crippen LogP contribution in [0.5, 0.6) is 17.4 Å². The fourth-order valence-corrected chi connectivity index (χ4v) is 5.81. The summed E-state index contributed by atoms with van der Waals surface area (Å²) in [5.74, 6) is 1.61. The summed E-state index contributed by atoms with van der Waals surface area (Å²) in [6.45, 7) is 14.1. The number of nitrogens with zero attached hydrogens (tertiary/aromatic N) is 5. The standard InChI is InChI=1S/C37H45ClN6O4/c1-24-10-13-30(27(4)26(24)3)31-23-35(48-37(45)43(6)32-21-28(38)11-9-25(32)2)41-36(40-31)39-29-12-14-33(34(22-29)46-7)47-20-8-15-44-18-16-42(5)17-19-44/h9-14,21-23H,8,15-20H2,1-7H3,(H,39,40,41). The molecule has 1 aliphatic heterocycles. The first-order chi connectivity index (χ1) is 23.0. The average Bonchev–Trinajstić information content (AvgIpc) is 3.07. The molecule has 1 fully saturated rings. The number of piperazine rings is 1. The Kier molecular flexibility index (Phi) is 11.4. The van der Waals surface area contributed by atoms with E-state index >= 15 is 0 Å². The Labute approximate surface area is 288 Å². The number of ether oxygens (including phenoxy) is 3. The van der Waals surface area contributed by atoms with Gasteiger partial charge in [0.15, 0.2) is 11.5 Å². The van der Waals surface area contributed by atoms with E-state index in [9.17, 15) is 4.79 Å². The summed E-state index contributed by atoms with van der Waals surface area (Å²) < 4.78 is 17.6. The largest absolute Gasteiger partial charge is 0.493 e. The number of aryl methyl sites for hydroxylation is 2. The van der Waals surface area contributed by atoms with Gasteiger partial charge >= 0.3 is 6.09 Å². The lowest BCUT2D eigenvalue weighted by Crippen LogP contribution is -2.44. The number of carbonyl (C=O) groups excluding carboxylic acids is 1. The summed E-state index contributed by atoms with van der Waals surface area (Å²) >= 11 is 6.22. The predicted octanol–water partition coefficient (Wildman–Crippen LogP) is 7.43.